The molecule has 1 aromatic heterocycles. The maximum Gasteiger partial charge on any atom is 0.262 e. The molecule has 0 atom stereocenters. The van der Waals surface area contributed by atoms with Crippen molar-refractivity contribution in [3.63, 3.8) is 0 Å². The number of amides is 2. The summed E-state index contributed by atoms with van der Waals surface area (Å²) in [5, 5.41) is 1.73. The van der Waals surface area contributed by atoms with Crippen molar-refractivity contribution in [2.45, 2.75) is 35.8 Å². The summed E-state index contributed by atoms with van der Waals surface area (Å²) in [5.41, 5.74) is 5.60. The highest BCUT2D eigenvalue weighted by Gasteiger charge is 2.32. The minimum atomic E-state index is -3.41. The lowest BCUT2D eigenvalue weighted by atomic mass is 10.1. The Bertz CT molecular complexity index is 1130. The number of benzene rings is 1. The molecular formula is C18H17N3O5S. The Hall–Kier alpha value is -2.94. The SMILES string of the molecule is Nc1c2c(cc(=O)n1-c1ccc(S(=O)(=O)C3CCCC3)cc1)C(=O)NC2=O. The average Bonchev–Trinajstić information content (AvgIpc) is 3.25. The van der Waals surface area contributed by atoms with Crippen LogP contribution < -0.4 is 16.6 Å². The van der Waals surface area contributed by atoms with Crippen LogP contribution in [0.3, 0.4) is 0 Å². The topological polar surface area (TPSA) is 128 Å². The first-order chi connectivity index (χ1) is 12.8. The van der Waals surface area contributed by atoms with E-state index in [0.29, 0.717) is 18.5 Å². The van der Waals surface area contributed by atoms with Gasteiger partial charge in [0.2, 0.25) is 0 Å². The standard InChI is InChI=1S/C18H17N3O5S/c19-16-15-13(17(23)20-18(15)24)9-14(22)21(16)10-5-7-12(8-6-10)27(25,26)11-3-1-2-4-11/h5-9,11H,1-4,19H2,(H,20,23,24). The molecule has 0 spiro atoms. The highest BCUT2D eigenvalue weighted by atomic mass is 32.2. The zero-order chi connectivity index (χ0) is 19.3. The molecular weight excluding hydrogens is 370 g/mol. The molecule has 1 aliphatic carbocycles. The molecule has 2 heterocycles. The van der Waals surface area contributed by atoms with E-state index in [2.05, 4.69) is 5.32 Å². The number of nitrogen functional groups attached to an aromatic ring is 1. The van der Waals surface area contributed by atoms with E-state index in [1.165, 1.54) is 24.3 Å². The summed E-state index contributed by atoms with van der Waals surface area (Å²) in [6.07, 6.45) is 3.13. The lowest BCUT2D eigenvalue weighted by Gasteiger charge is -2.14. The molecule has 140 valence electrons. The summed E-state index contributed by atoms with van der Waals surface area (Å²) in [7, 11) is -3.41. The number of fused-ring (bicyclic) bond motifs is 1. The van der Waals surface area contributed by atoms with E-state index in [1.54, 1.807) is 0 Å². The fourth-order valence-electron chi connectivity index (χ4n) is 3.72. The highest BCUT2D eigenvalue weighted by molar-refractivity contribution is 7.92. The van der Waals surface area contributed by atoms with Crippen LogP contribution in [0.1, 0.15) is 46.4 Å². The Kier molecular flexibility index (Phi) is 3.92. The number of hydrogen-bond donors (Lipinski definition) is 2. The number of aromatic nitrogens is 1. The van der Waals surface area contributed by atoms with Crippen LogP contribution in [0.2, 0.25) is 0 Å². The van der Waals surface area contributed by atoms with Crippen LogP contribution >= 0.6 is 0 Å². The molecule has 9 heteroatoms. The molecule has 0 unspecified atom stereocenters. The van der Waals surface area contributed by atoms with Crippen molar-refractivity contribution in [1.29, 1.82) is 0 Å². The summed E-state index contributed by atoms with van der Waals surface area (Å²) in [6, 6.07) is 6.87. The zero-order valence-corrected chi connectivity index (χ0v) is 15.1. The van der Waals surface area contributed by atoms with Gasteiger partial charge in [0.1, 0.15) is 5.82 Å². The van der Waals surface area contributed by atoms with Gasteiger partial charge in [-0.1, -0.05) is 12.8 Å². The second kappa shape index (κ2) is 6.05. The lowest BCUT2D eigenvalue weighted by Crippen LogP contribution is -2.24. The van der Waals surface area contributed by atoms with Gasteiger partial charge in [0.15, 0.2) is 9.84 Å². The molecule has 1 fully saturated rings. The first-order valence-corrected chi connectivity index (χ1v) is 10.1. The monoisotopic (exact) mass is 387 g/mol. The van der Waals surface area contributed by atoms with Gasteiger partial charge in [0.05, 0.1) is 27.0 Å². The number of nitrogens with zero attached hydrogens (tertiary/aromatic N) is 1. The zero-order valence-electron chi connectivity index (χ0n) is 14.3. The van der Waals surface area contributed by atoms with Crippen LogP contribution in [-0.4, -0.2) is 30.0 Å². The number of pyridine rings is 1. The molecule has 0 saturated heterocycles. The average molecular weight is 387 g/mol. The Morgan fingerprint density at radius 3 is 2.26 bits per heavy atom. The summed E-state index contributed by atoms with van der Waals surface area (Å²) >= 11 is 0. The third kappa shape index (κ3) is 2.66. The Labute approximate surface area is 154 Å². The molecule has 27 heavy (non-hydrogen) atoms. The maximum absolute atomic E-state index is 12.7. The van der Waals surface area contributed by atoms with E-state index in [9.17, 15) is 22.8 Å². The van der Waals surface area contributed by atoms with Crippen molar-refractivity contribution in [3.05, 3.63) is 51.8 Å². The number of anilines is 1. The molecule has 4 rings (SSSR count). The number of rotatable bonds is 3. The van der Waals surface area contributed by atoms with Crippen LogP contribution in [0, 0.1) is 0 Å². The van der Waals surface area contributed by atoms with Gasteiger partial charge >= 0.3 is 0 Å². The van der Waals surface area contributed by atoms with Crippen LogP contribution in [0.5, 0.6) is 0 Å². The summed E-state index contributed by atoms with van der Waals surface area (Å²) < 4.78 is 26.4. The fraction of sp³-hybridized carbons (Fsp3) is 0.278. The molecule has 0 bridgehead atoms. The number of imide groups is 1. The molecule has 2 amide bonds. The molecule has 1 aromatic carbocycles. The maximum atomic E-state index is 12.7. The smallest absolute Gasteiger partial charge is 0.262 e. The van der Waals surface area contributed by atoms with Gasteiger partial charge in [-0.2, -0.15) is 0 Å². The van der Waals surface area contributed by atoms with Crippen LogP contribution in [-0.2, 0) is 9.84 Å². The number of nitrogens with one attached hydrogen (secondary N) is 1. The van der Waals surface area contributed by atoms with Gasteiger partial charge in [0.25, 0.3) is 17.4 Å². The van der Waals surface area contributed by atoms with E-state index in [0.717, 1.165) is 23.5 Å². The molecule has 2 aromatic rings. The van der Waals surface area contributed by atoms with Gasteiger partial charge in [-0.15, -0.1) is 0 Å². The molecule has 0 radical (unpaired) electrons. The normalized spacial score (nSPS) is 17.2. The van der Waals surface area contributed by atoms with Crippen LogP contribution in [0.25, 0.3) is 5.69 Å². The second-order valence-electron chi connectivity index (χ2n) is 6.72. The quantitative estimate of drug-likeness (QED) is 0.757. The molecule has 2 aliphatic rings. The molecule has 3 N–H and O–H groups in total. The first-order valence-electron chi connectivity index (χ1n) is 8.56. The lowest BCUT2D eigenvalue weighted by molar-refractivity contribution is 0.0880. The predicted octanol–water partition coefficient (Wildman–Crippen LogP) is 1.02. The van der Waals surface area contributed by atoms with Gasteiger partial charge in [-0.25, -0.2) is 8.42 Å². The number of sulfone groups is 1. The van der Waals surface area contributed by atoms with E-state index in [1.807, 2.05) is 0 Å². The third-order valence-corrected chi connectivity index (χ3v) is 7.40. The summed E-state index contributed by atoms with van der Waals surface area (Å²) in [6.45, 7) is 0. The fourth-order valence-corrected chi connectivity index (χ4v) is 5.58. The van der Waals surface area contributed by atoms with E-state index >= 15 is 0 Å². The van der Waals surface area contributed by atoms with Crippen molar-refractivity contribution < 1.29 is 18.0 Å². The highest BCUT2D eigenvalue weighted by Crippen LogP contribution is 2.30. The van der Waals surface area contributed by atoms with E-state index < -0.39 is 27.2 Å². The number of carbonyl (C=O) groups is 2. The van der Waals surface area contributed by atoms with Gasteiger partial charge in [0, 0.05) is 6.07 Å². The Morgan fingerprint density at radius 2 is 1.63 bits per heavy atom. The van der Waals surface area contributed by atoms with E-state index in [-0.39, 0.29) is 27.1 Å². The molecule has 1 saturated carbocycles. The van der Waals surface area contributed by atoms with Gasteiger partial charge in [-0.3, -0.25) is 24.3 Å². The van der Waals surface area contributed by atoms with Crippen molar-refractivity contribution in [1.82, 2.24) is 9.88 Å². The summed E-state index contributed by atoms with van der Waals surface area (Å²) in [4.78, 5) is 36.2. The van der Waals surface area contributed by atoms with Crippen LogP contribution in [0.4, 0.5) is 5.82 Å². The second-order valence-corrected chi connectivity index (χ2v) is 8.95. The number of hydrogen-bond acceptors (Lipinski definition) is 6. The van der Waals surface area contributed by atoms with Crippen LogP contribution in [0.15, 0.2) is 40.0 Å². The molecule has 8 nitrogen and oxygen atoms in total. The predicted molar refractivity (Wildman–Crippen MR) is 97.7 cm³/mol. The minimum absolute atomic E-state index is 0.0535. The largest absolute Gasteiger partial charge is 0.384 e. The van der Waals surface area contributed by atoms with Gasteiger partial charge in [-0.05, 0) is 37.1 Å². The van der Waals surface area contributed by atoms with Crippen molar-refractivity contribution in [2.75, 3.05) is 5.73 Å². The Balaban J connectivity index is 1.78. The number of nitrogens with two attached hydrogens (primary N) is 1. The molecule has 1 aliphatic heterocycles. The number of carbonyl (C=O) groups excluding carboxylic acids is 2. The van der Waals surface area contributed by atoms with Crippen molar-refractivity contribution >= 4 is 27.5 Å². The summed E-state index contributed by atoms with van der Waals surface area (Å²) in [5.74, 6) is -1.49. The minimum Gasteiger partial charge on any atom is -0.384 e. The third-order valence-electron chi connectivity index (χ3n) is 5.12. The van der Waals surface area contributed by atoms with E-state index in [4.69, 9.17) is 5.73 Å². The van der Waals surface area contributed by atoms with Gasteiger partial charge < -0.3 is 5.73 Å². The Morgan fingerprint density at radius 1 is 1.00 bits per heavy atom. The van der Waals surface area contributed by atoms with Crippen molar-refractivity contribution in [3.8, 4) is 5.69 Å². The first kappa shape index (κ1) is 17.5. The van der Waals surface area contributed by atoms with Crippen molar-refractivity contribution in [2.24, 2.45) is 0 Å².